The van der Waals surface area contributed by atoms with E-state index in [9.17, 15) is 5.11 Å². The lowest BCUT2D eigenvalue weighted by Crippen LogP contribution is -1.93. The molecule has 26 heavy (non-hydrogen) atoms. The zero-order valence-electron chi connectivity index (χ0n) is 14.6. The number of aromatic nitrogens is 5. The summed E-state index contributed by atoms with van der Waals surface area (Å²) in [6.07, 6.45) is 3.45. The summed E-state index contributed by atoms with van der Waals surface area (Å²) >= 11 is 0. The number of rotatable bonds is 3. The predicted octanol–water partition coefficient (Wildman–Crippen LogP) is 3.41. The average Bonchev–Trinajstić information content (AvgIpc) is 3.03. The number of phenols is 1. The van der Waals surface area contributed by atoms with Crippen LogP contribution in [0.4, 0.5) is 0 Å². The number of phenolic OH excluding ortho intramolecular Hbond substituents is 1. The molecule has 0 aliphatic heterocycles. The Morgan fingerprint density at radius 2 is 1.85 bits per heavy atom. The van der Waals surface area contributed by atoms with Crippen LogP contribution in [-0.4, -0.2) is 37.4 Å². The summed E-state index contributed by atoms with van der Waals surface area (Å²) < 4.78 is 5.27. The molecule has 3 aromatic heterocycles. The number of aromatic amines is 1. The molecule has 7 nitrogen and oxygen atoms in total. The number of aromatic hydroxyl groups is 1. The van der Waals surface area contributed by atoms with Gasteiger partial charge in [0.05, 0.1) is 35.8 Å². The minimum Gasteiger partial charge on any atom is -0.507 e. The maximum atomic E-state index is 10.3. The monoisotopic (exact) mass is 347 g/mol. The van der Waals surface area contributed by atoms with E-state index in [1.54, 1.807) is 37.7 Å². The second kappa shape index (κ2) is 6.11. The maximum Gasteiger partial charge on any atom is 0.182 e. The number of ether oxygens (including phenoxy) is 1. The molecule has 3 heterocycles. The minimum atomic E-state index is 0.117. The molecule has 130 valence electrons. The molecule has 0 amide bonds. The highest BCUT2D eigenvalue weighted by molar-refractivity contribution is 5.96. The first-order valence-electron chi connectivity index (χ1n) is 8.09. The van der Waals surface area contributed by atoms with Gasteiger partial charge in [-0.3, -0.25) is 15.1 Å². The van der Waals surface area contributed by atoms with Crippen molar-refractivity contribution in [2.45, 2.75) is 13.8 Å². The van der Waals surface area contributed by atoms with Gasteiger partial charge >= 0.3 is 0 Å². The first-order valence-corrected chi connectivity index (χ1v) is 8.09. The molecule has 0 saturated carbocycles. The van der Waals surface area contributed by atoms with E-state index in [-0.39, 0.29) is 5.75 Å². The van der Waals surface area contributed by atoms with Crippen LogP contribution in [0, 0.1) is 13.8 Å². The molecule has 0 aliphatic rings. The van der Waals surface area contributed by atoms with Gasteiger partial charge in [0, 0.05) is 23.0 Å². The molecular formula is C19H17N5O2. The largest absolute Gasteiger partial charge is 0.507 e. The van der Waals surface area contributed by atoms with E-state index < -0.39 is 0 Å². The fourth-order valence-electron chi connectivity index (χ4n) is 2.89. The van der Waals surface area contributed by atoms with Crippen LogP contribution in [0.1, 0.15) is 11.4 Å². The summed E-state index contributed by atoms with van der Waals surface area (Å²) in [6, 6.07) is 6.91. The molecule has 4 aromatic rings. The van der Waals surface area contributed by atoms with Crippen molar-refractivity contribution in [2.75, 3.05) is 7.11 Å². The summed E-state index contributed by atoms with van der Waals surface area (Å²) in [7, 11) is 1.58. The Morgan fingerprint density at radius 3 is 2.58 bits per heavy atom. The van der Waals surface area contributed by atoms with Crippen molar-refractivity contribution in [3.8, 4) is 34.0 Å². The number of pyridine rings is 1. The lowest BCUT2D eigenvalue weighted by Gasteiger charge is -2.10. The Kier molecular flexibility index (Phi) is 3.76. The van der Waals surface area contributed by atoms with E-state index in [4.69, 9.17) is 4.74 Å². The zero-order chi connectivity index (χ0) is 18.3. The quantitative estimate of drug-likeness (QED) is 0.589. The number of hydrogen-bond acceptors (Lipinski definition) is 6. The lowest BCUT2D eigenvalue weighted by atomic mass is 10.0. The number of nitrogens with zero attached hydrogens (tertiary/aromatic N) is 4. The van der Waals surface area contributed by atoms with E-state index in [0.717, 1.165) is 28.0 Å². The van der Waals surface area contributed by atoms with Crippen LogP contribution in [0.15, 0.2) is 36.7 Å². The summed E-state index contributed by atoms with van der Waals surface area (Å²) in [6.45, 7) is 3.83. The Bertz CT molecular complexity index is 1100. The fourth-order valence-corrected chi connectivity index (χ4v) is 2.89. The van der Waals surface area contributed by atoms with Crippen molar-refractivity contribution in [2.24, 2.45) is 0 Å². The summed E-state index contributed by atoms with van der Waals surface area (Å²) in [4.78, 5) is 13.4. The van der Waals surface area contributed by atoms with Gasteiger partial charge in [-0.2, -0.15) is 5.10 Å². The molecule has 0 spiro atoms. The molecule has 1 aromatic carbocycles. The van der Waals surface area contributed by atoms with Crippen molar-refractivity contribution >= 4 is 11.0 Å². The second-order valence-electron chi connectivity index (χ2n) is 6.03. The summed E-state index contributed by atoms with van der Waals surface area (Å²) in [5.41, 5.74) is 5.01. The molecule has 7 heteroatoms. The van der Waals surface area contributed by atoms with Gasteiger partial charge in [0.15, 0.2) is 5.65 Å². The number of benzene rings is 1. The van der Waals surface area contributed by atoms with Gasteiger partial charge in [-0.05, 0) is 38.1 Å². The Balaban J connectivity index is 2.00. The molecule has 0 radical (unpaired) electrons. The zero-order valence-corrected chi connectivity index (χ0v) is 14.6. The van der Waals surface area contributed by atoms with Gasteiger partial charge in [-0.15, -0.1) is 0 Å². The van der Waals surface area contributed by atoms with Crippen LogP contribution in [0.25, 0.3) is 33.5 Å². The topological polar surface area (TPSA) is 96.8 Å². The number of aryl methyl sites for hydroxylation is 2. The van der Waals surface area contributed by atoms with Gasteiger partial charge in [0.1, 0.15) is 11.5 Å². The highest BCUT2D eigenvalue weighted by Crippen LogP contribution is 2.36. The molecule has 4 rings (SSSR count). The number of fused-ring (bicyclic) bond motifs is 1. The van der Waals surface area contributed by atoms with Gasteiger partial charge in [-0.25, -0.2) is 4.98 Å². The highest BCUT2D eigenvalue weighted by atomic mass is 16.5. The van der Waals surface area contributed by atoms with E-state index in [1.807, 2.05) is 19.9 Å². The molecule has 0 atom stereocenters. The van der Waals surface area contributed by atoms with Crippen molar-refractivity contribution in [3.05, 3.63) is 48.0 Å². The van der Waals surface area contributed by atoms with Crippen molar-refractivity contribution < 1.29 is 9.84 Å². The van der Waals surface area contributed by atoms with E-state index >= 15 is 0 Å². The summed E-state index contributed by atoms with van der Waals surface area (Å²) in [5.74, 6) is 0.750. The number of H-pyrrole nitrogens is 1. The molecule has 0 bridgehead atoms. The number of hydrogen-bond donors (Lipinski definition) is 2. The van der Waals surface area contributed by atoms with Crippen molar-refractivity contribution in [1.82, 2.24) is 25.1 Å². The first kappa shape index (κ1) is 16.0. The van der Waals surface area contributed by atoms with Crippen LogP contribution in [0.2, 0.25) is 0 Å². The highest BCUT2D eigenvalue weighted by Gasteiger charge is 2.17. The summed E-state index contributed by atoms with van der Waals surface area (Å²) in [5, 5.41) is 18.4. The molecule has 2 N–H and O–H groups in total. The molecule has 0 aliphatic carbocycles. The second-order valence-corrected chi connectivity index (χ2v) is 6.03. The molecule has 0 fully saturated rings. The van der Waals surface area contributed by atoms with Gasteiger partial charge in [-0.1, -0.05) is 0 Å². The SMILES string of the molecule is COc1ccc(O)c(-c2cc(-c3cnc(C)cn3)c3c(C)[nH]nc3n2)c1. The van der Waals surface area contributed by atoms with Crippen molar-refractivity contribution in [1.29, 1.82) is 0 Å². The molecular weight excluding hydrogens is 330 g/mol. The molecule has 0 unspecified atom stereocenters. The van der Waals surface area contributed by atoms with Crippen LogP contribution in [0.5, 0.6) is 11.5 Å². The van der Waals surface area contributed by atoms with Gasteiger partial charge in [0.25, 0.3) is 0 Å². The first-order chi connectivity index (χ1) is 12.6. The predicted molar refractivity (Wildman–Crippen MR) is 98.0 cm³/mol. The third-order valence-electron chi connectivity index (χ3n) is 4.24. The standard InChI is InChI=1S/C19H17N5O2/c1-10-8-21-16(9-20-10)14-7-15(22-19-18(14)11(2)23-24-19)13-6-12(26-3)4-5-17(13)25/h4-9,25H,1-3H3,(H,22,23,24). The van der Waals surface area contributed by atoms with Crippen LogP contribution >= 0.6 is 0 Å². The van der Waals surface area contributed by atoms with Crippen LogP contribution in [-0.2, 0) is 0 Å². The van der Waals surface area contributed by atoms with Gasteiger partial charge < -0.3 is 9.84 Å². The normalized spacial score (nSPS) is 11.0. The van der Waals surface area contributed by atoms with Gasteiger partial charge in [0.2, 0.25) is 0 Å². The third kappa shape index (κ3) is 2.63. The molecule has 0 saturated heterocycles. The van der Waals surface area contributed by atoms with Crippen LogP contribution < -0.4 is 4.74 Å². The Hall–Kier alpha value is -3.48. The maximum absolute atomic E-state index is 10.3. The van der Waals surface area contributed by atoms with E-state index in [0.29, 0.717) is 22.7 Å². The number of methoxy groups -OCH3 is 1. The Labute approximate surface area is 149 Å². The lowest BCUT2D eigenvalue weighted by molar-refractivity contribution is 0.412. The fraction of sp³-hybridized carbons (Fsp3) is 0.158. The van der Waals surface area contributed by atoms with Crippen molar-refractivity contribution in [3.63, 3.8) is 0 Å². The smallest absolute Gasteiger partial charge is 0.182 e. The number of nitrogens with one attached hydrogen (secondary N) is 1. The van der Waals surface area contributed by atoms with E-state index in [2.05, 4.69) is 25.1 Å². The van der Waals surface area contributed by atoms with Crippen LogP contribution in [0.3, 0.4) is 0 Å². The minimum absolute atomic E-state index is 0.117. The average molecular weight is 347 g/mol. The Morgan fingerprint density at radius 1 is 1.00 bits per heavy atom. The van der Waals surface area contributed by atoms with E-state index in [1.165, 1.54) is 0 Å². The third-order valence-corrected chi connectivity index (χ3v) is 4.24.